The van der Waals surface area contributed by atoms with Crippen LogP contribution in [0.1, 0.15) is 21.6 Å². The number of aromatic nitrogens is 4. The van der Waals surface area contributed by atoms with E-state index in [-0.39, 0.29) is 18.1 Å². The first-order chi connectivity index (χ1) is 13.6. The zero-order valence-corrected chi connectivity index (χ0v) is 15.0. The van der Waals surface area contributed by atoms with Crippen LogP contribution in [-0.4, -0.2) is 25.5 Å². The van der Waals surface area contributed by atoms with E-state index < -0.39 is 0 Å². The molecule has 0 saturated heterocycles. The van der Waals surface area contributed by atoms with Crippen molar-refractivity contribution in [2.75, 3.05) is 5.32 Å². The molecule has 8 heteroatoms. The van der Waals surface area contributed by atoms with Crippen LogP contribution in [0.2, 0.25) is 0 Å². The van der Waals surface area contributed by atoms with Gasteiger partial charge in [-0.15, -0.1) is 0 Å². The lowest BCUT2D eigenvalue weighted by Crippen LogP contribution is -2.16. The molecule has 4 aromatic rings. The Morgan fingerprint density at radius 3 is 2.75 bits per heavy atom. The minimum Gasteiger partial charge on any atom is -0.487 e. The smallest absolute Gasteiger partial charge is 0.274 e. The van der Waals surface area contributed by atoms with Gasteiger partial charge in [0.1, 0.15) is 18.7 Å². The van der Waals surface area contributed by atoms with Crippen LogP contribution in [-0.2, 0) is 6.61 Å². The number of anilines is 1. The number of carbonyl (C=O) groups excluding carboxylic acids is 1. The number of aromatic amines is 1. The molecule has 0 aliphatic rings. The number of hydrogen-bond donors (Lipinski definition) is 2. The van der Waals surface area contributed by atoms with Gasteiger partial charge in [-0.25, -0.2) is 9.97 Å². The number of rotatable bonds is 5. The van der Waals surface area contributed by atoms with Crippen molar-refractivity contribution in [2.24, 2.45) is 0 Å². The standard InChI is InChI=1S/C20H17N5O3/c1-13-4-2-3-5-17(13)19(27)23-14-6-8-16(9-7-14)28-11-15-10-18(26)25-20(24-15)21-12-22-25/h2-10,12H,11H2,1H3,(H,23,27)(H,21,22,24). The molecule has 0 spiro atoms. The summed E-state index contributed by atoms with van der Waals surface area (Å²) in [6.45, 7) is 2.03. The SMILES string of the molecule is Cc1ccccc1C(=O)Nc1ccc(OCc2cc(=O)n3[nH]cnc3n2)cc1. The van der Waals surface area contributed by atoms with Crippen molar-refractivity contribution in [1.82, 2.24) is 19.6 Å². The van der Waals surface area contributed by atoms with Crippen LogP contribution < -0.4 is 15.6 Å². The van der Waals surface area contributed by atoms with E-state index >= 15 is 0 Å². The lowest BCUT2D eigenvalue weighted by Gasteiger charge is -2.09. The fraction of sp³-hybridized carbons (Fsp3) is 0.100. The van der Waals surface area contributed by atoms with Gasteiger partial charge in [0.25, 0.3) is 17.2 Å². The number of ether oxygens (including phenoxy) is 1. The first kappa shape index (κ1) is 17.5. The van der Waals surface area contributed by atoms with E-state index in [1.165, 1.54) is 16.9 Å². The molecule has 4 rings (SSSR count). The number of carbonyl (C=O) groups is 1. The number of fused-ring (bicyclic) bond motifs is 1. The number of H-pyrrole nitrogens is 1. The van der Waals surface area contributed by atoms with Crippen LogP contribution in [0.5, 0.6) is 5.75 Å². The third-order valence-corrected chi connectivity index (χ3v) is 4.21. The fourth-order valence-electron chi connectivity index (χ4n) is 2.76. The van der Waals surface area contributed by atoms with Crippen LogP contribution >= 0.6 is 0 Å². The Hall–Kier alpha value is -3.94. The average Bonchev–Trinajstić information content (AvgIpc) is 3.17. The number of nitrogens with one attached hydrogen (secondary N) is 2. The van der Waals surface area contributed by atoms with Crippen LogP contribution in [0.15, 0.2) is 65.7 Å². The Morgan fingerprint density at radius 2 is 1.96 bits per heavy atom. The predicted octanol–water partition coefficient (Wildman–Crippen LogP) is 2.56. The highest BCUT2D eigenvalue weighted by atomic mass is 16.5. The maximum absolute atomic E-state index is 12.4. The topological polar surface area (TPSA) is 101 Å². The number of aryl methyl sites for hydroxylation is 1. The second-order valence-electron chi connectivity index (χ2n) is 6.19. The second-order valence-corrected chi connectivity index (χ2v) is 6.19. The van der Waals surface area contributed by atoms with Crippen LogP contribution in [0.25, 0.3) is 5.78 Å². The molecule has 0 bridgehead atoms. The minimum atomic E-state index is -0.254. The molecule has 0 unspecified atom stereocenters. The van der Waals surface area contributed by atoms with Crippen molar-refractivity contribution in [3.63, 3.8) is 0 Å². The number of nitrogens with zero attached hydrogens (tertiary/aromatic N) is 3. The van der Waals surface area contributed by atoms with E-state index in [0.29, 0.717) is 28.5 Å². The number of hydrogen-bond acceptors (Lipinski definition) is 5. The van der Waals surface area contributed by atoms with E-state index in [2.05, 4.69) is 20.4 Å². The van der Waals surface area contributed by atoms with Gasteiger partial charge in [0, 0.05) is 17.3 Å². The largest absolute Gasteiger partial charge is 0.487 e. The maximum atomic E-state index is 12.4. The van der Waals surface area contributed by atoms with Crippen molar-refractivity contribution in [3.05, 3.63) is 88.1 Å². The minimum absolute atomic E-state index is 0.132. The van der Waals surface area contributed by atoms with Crippen molar-refractivity contribution in [1.29, 1.82) is 0 Å². The lowest BCUT2D eigenvalue weighted by molar-refractivity contribution is 0.102. The van der Waals surface area contributed by atoms with Crippen molar-refractivity contribution < 1.29 is 9.53 Å². The van der Waals surface area contributed by atoms with Crippen LogP contribution in [0.3, 0.4) is 0 Å². The Kier molecular flexibility index (Phi) is 4.59. The molecule has 2 aromatic carbocycles. The summed E-state index contributed by atoms with van der Waals surface area (Å²) < 4.78 is 6.92. The highest BCUT2D eigenvalue weighted by Gasteiger charge is 2.09. The van der Waals surface area contributed by atoms with Gasteiger partial charge in [-0.2, -0.15) is 4.52 Å². The Labute approximate surface area is 159 Å². The fourth-order valence-corrected chi connectivity index (χ4v) is 2.76. The molecule has 1 amide bonds. The van der Waals surface area contributed by atoms with Crippen LogP contribution in [0, 0.1) is 6.92 Å². The Bertz CT molecular complexity index is 1190. The summed E-state index contributed by atoms with van der Waals surface area (Å²) in [4.78, 5) is 32.5. The first-order valence-electron chi connectivity index (χ1n) is 8.62. The van der Waals surface area contributed by atoms with E-state index in [9.17, 15) is 9.59 Å². The van der Waals surface area contributed by atoms with Gasteiger partial charge in [0.05, 0.1) is 5.69 Å². The first-order valence-corrected chi connectivity index (χ1v) is 8.62. The van der Waals surface area contributed by atoms with Gasteiger partial charge in [-0.3, -0.25) is 14.7 Å². The summed E-state index contributed by atoms with van der Waals surface area (Å²) in [5, 5.41) is 5.54. The Balaban J connectivity index is 1.41. The van der Waals surface area contributed by atoms with E-state index in [1.54, 1.807) is 30.3 Å². The predicted molar refractivity (Wildman–Crippen MR) is 104 cm³/mol. The molecule has 8 nitrogen and oxygen atoms in total. The zero-order valence-electron chi connectivity index (χ0n) is 15.0. The highest BCUT2D eigenvalue weighted by Crippen LogP contribution is 2.18. The normalized spacial score (nSPS) is 10.8. The highest BCUT2D eigenvalue weighted by molar-refractivity contribution is 6.05. The van der Waals surface area contributed by atoms with Gasteiger partial charge in [-0.05, 0) is 42.8 Å². The number of benzene rings is 2. The summed E-state index contributed by atoms with van der Waals surface area (Å²) in [5.74, 6) is 0.724. The third kappa shape index (κ3) is 3.61. The molecule has 0 atom stereocenters. The lowest BCUT2D eigenvalue weighted by atomic mass is 10.1. The summed E-state index contributed by atoms with van der Waals surface area (Å²) >= 11 is 0. The second kappa shape index (κ2) is 7.36. The monoisotopic (exact) mass is 375 g/mol. The van der Waals surface area contributed by atoms with Gasteiger partial charge in [0.15, 0.2) is 0 Å². The van der Waals surface area contributed by atoms with Crippen molar-refractivity contribution in [3.8, 4) is 5.75 Å². The summed E-state index contributed by atoms with van der Waals surface area (Å²) in [6.07, 6.45) is 1.40. The quantitative estimate of drug-likeness (QED) is 0.558. The number of amides is 1. The van der Waals surface area contributed by atoms with Crippen molar-refractivity contribution in [2.45, 2.75) is 13.5 Å². The molecule has 0 aliphatic carbocycles. The van der Waals surface area contributed by atoms with Gasteiger partial charge in [-0.1, -0.05) is 18.2 Å². The van der Waals surface area contributed by atoms with E-state index in [0.717, 1.165) is 5.56 Å². The van der Waals surface area contributed by atoms with Crippen molar-refractivity contribution >= 4 is 17.4 Å². The van der Waals surface area contributed by atoms with Gasteiger partial charge < -0.3 is 10.1 Å². The summed E-state index contributed by atoms with van der Waals surface area (Å²) in [6, 6.07) is 15.8. The molecule has 2 aromatic heterocycles. The van der Waals surface area contributed by atoms with E-state index in [1.807, 2.05) is 25.1 Å². The van der Waals surface area contributed by atoms with Gasteiger partial charge >= 0.3 is 0 Å². The molecule has 28 heavy (non-hydrogen) atoms. The summed E-state index contributed by atoms with van der Waals surface area (Å²) in [7, 11) is 0. The molecular formula is C20H17N5O3. The molecule has 0 aliphatic heterocycles. The molecule has 2 N–H and O–H groups in total. The molecule has 140 valence electrons. The average molecular weight is 375 g/mol. The van der Waals surface area contributed by atoms with Crippen LogP contribution in [0.4, 0.5) is 5.69 Å². The third-order valence-electron chi connectivity index (χ3n) is 4.21. The molecule has 2 heterocycles. The van der Waals surface area contributed by atoms with Gasteiger partial charge in [0.2, 0.25) is 0 Å². The molecule has 0 radical (unpaired) electrons. The zero-order chi connectivity index (χ0) is 19.5. The molecule has 0 saturated carbocycles. The van der Waals surface area contributed by atoms with E-state index in [4.69, 9.17) is 4.74 Å². The Morgan fingerprint density at radius 1 is 1.18 bits per heavy atom. The molecular weight excluding hydrogens is 358 g/mol. The maximum Gasteiger partial charge on any atom is 0.274 e. The molecule has 0 fully saturated rings. The summed E-state index contributed by atoms with van der Waals surface area (Å²) in [5.41, 5.74) is 2.44.